The molecule has 0 radical (unpaired) electrons. The second kappa shape index (κ2) is 5.37. The number of anilines is 1. The van der Waals surface area contributed by atoms with Gasteiger partial charge in [0.05, 0.1) is 5.56 Å². The first-order valence-electron chi connectivity index (χ1n) is 6.02. The van der Waals surface area contributed by atoms with Crippen LogP contribution in [0.15, 0.2) is 12.3 Å². The van der Waals surface area contributed by atoms with Gasteiger partial charge < -0.3 is 5.32 Å². The lowest BCUT2D eigenvalue weighted by Crippen LogP contribution is -2.26. The van der Waals surface area contributed by atoms with Gasteiger partial charge in [-0.1, -0.05) is 31.4 Å². The molecule has 3 nitrogen and oxygen atoms in total. The molecule has 1 heterocycles. The molecule has 0 bridgehead atoms. The fourth-order valence-electron chi connectivity index (χ4n) is 2.39. The van der Waals surface area contributed by atoms with Crippen molar-refractivity contribution >= 4 is 17.4 Å². The van der Waals surface area contributed by atoms with Crippen molar-refractivity contribution in [1.29, 1.82) is 5.26 Å². The van der Waals surface area contributed by atoms with Crippen molar-refractivity contribution in [2.75, 3.05) is 5.32 Å². The lowest BCUT2D eigenvalue weighted by molar-refractivity contribution is 0.358. The highest BCUT2D eigenvalue weighted by molar-refractivity contribution is 6.34. The molecule has 0 aliphatic heterocycles. The zero-order valence-electron chi connectivity index (χ0n) is 9.91. The van der Waals surface area contributed by atoms with Gasteiger partial charge in [-0.2, -0.15) is 5.26 Å². The zero-order valence-corrected chi connectivity index (χ0v) is 10.7. The Morgan fingerprint density at radius 3 is 3.06 bits per heavy atom. The molecule has 2 rings (SSSR count). The maximum Gasteiger partial charge on any atom is 0.146 e. The fourth-order valence-corrected chi connectivity index (χ4v) is 2.60. The molecule has 1 aromatic heterocycles. The number of aromatic nitrogens is 1. The predicted molar refractivity (Wildman–Crippen MR) is 69.0 cm³/mol. The van der Waals surface area contributed by atoms with E-state index in [9.17, 15) is 0 Å². The Balaban J connectivity index is 2.11. The third kappa shape index (κ3) is 2.89. The molecule has 1 N–H and O–H groups in total. The first kappa shape index (κ1) is 12.2. The normalized spacial score (nSPS) is 24.1. The van der Waals surface area contributed by atoms with Crippen LogP contribution in [-0.2, 0) is 0 Å². The number of hydrogen-bond donors (Lipinski definition) is 1. The largest absolute Gasteiger partial charge is 0.366 e. The molecule has 2 atom stereocenters. The van der Waals surface area contributed by atoms with E-state index in [2.05, 4.69) is 23.3 Å². The number of halogens is 1. The number of hydrogen-bond acceptors (Lipinski definition) is 3. The van der Waals surface area contributed by atoms with Gasteiger partial charge in [0.1, 0.15) is 16.9 Å². The highest BCUT2D eigenvalue weighted by Crippen LogP contribution is 2.29. The summed E-state index contributed by atoms with van der Waals surface area (Å²) in [4.78, 5) is 4.21. The third-order valence-corrected chi connectivity index (χ3v) is 3.67. The molecule has 0 saturated heterocycles. The molecule has 0 aromatic carbocycles. The van der Waals surface area contributed by atoms with Crippen LogP contribution in [0.2, 0.25) is 5.02 Å². The maximum absolute atomic E-state index is 8.90. The average Bonchev–Trinajstić information content (AvgIpc) is 2.32. The summed E-state index contributed by atoms with van der Waals surface area (Å²) in [5.41, 5.74) is 0.480. The molecule has 1 aliphatic carbocycles. The quantitative estimate of drug-likeness (QED) is 0.871. The van der Waals surface area contributed by atoms with Crippen LogP contribution >= 0.6 is 11.6 Å². The van der Waals surface area contributed by atoms with Gasteiger partial charge in [-0.15, -0.1) is 0 Å². The summed E-state index contributed by atoms with van der Waals surface area (Å²) in [5.74, 6) is 1.39. The minimum Gasteiger partial charge on any atom is -0.366 e. The van der Waals surface area contributed by atoms with Crippen molar-refractivity contribution in [3.63, 3.8) is 0 Å². The van der Waals surface area contributed by atoms with Gasteiger partial charge in [0.15, 0.2) is 0 Å². The van der Waals surface area contributed by atoms with E-state index < -0.39 is 0 Å². The Hall–Kier alpha value is -1.27. The minimum absolute atomic E-state index is 0.428. The second-order valence-corrected chi connectivity index (χ2v) is 5.12. The summed E-state index contributed by atoms with van der Waals surface area (Å²) >= 11 is 6.12. The molecule has 1 fully saturated rings. The number of nitriles is 1. The molecule has 90 valence electrons. The van der Waals surface area contributed by atoms with Crippen LogP contribution in [0, 0.1) is 17.2 Å². The molecule has 17 heavy (non-hydrogen) atoms. The summed E-state index contributed by atoms with van der Waals surface area (Å²) in [7, 11) is 0. The van der Waals surface area contributed by atoms with Crippen LogP contribution in [0.3, 0.4) is 0 Å². The Morgan fingerprint density at radius 2 is 2.35 bits per heavy atom. The predicted octanol–water partition coefficient (Wildman–Crippen LogP) is 3.60. The van der Waals surface area contributed by atoms with Crippen molar-refractivity contribution in [3.05, 3.63) is 22.8 Å². The van der Waals surface area contributed by atoms with E-state index in [-0.39, 0.29) is 0 Å². The van der Waals surface area contributed by atoms with Crippen molar-refractivity contribution in [3.8, 4) is 6.07 Å². The molecule has 1 aromatic rings. The average molecular weight is 250 g/mol. The minimum atomic E-state index is 0.428. The van der Waals surface area contributed by atoms with E-state index in [0.29, 0.717) is 22.4 Å². The highest BCUT2D eigenvalue weighted by atomic mass is 35.5. The van der Waals surface area contributed by atoms with Crippen LogP contribution in [0.25, 0.3) is 0 Å². The molecular formula is C13H16ClN3. The van der Waals surface area contributed by atoms with Gasteiger partial charge in [-0.3, -0.25) is 0 Å². The molecule has 2 unspecified atom stereocenters. The van der Waals surface area contributed by atoms with E-state index >= 15 is 0 Å². The molecule has 0 spiro atoms. The Labute approximate surface area is 107 Å². The first-order valence-corrected chi connectivity index (χ1v) is 6.39. The molecule has 0 amide bonds. The van der Waals surface area contributed by atoms with Crippen LogP contribution in [0.1, 0.15) is 38.2 Å². The summed E-state index contributed by atoms with van der Waals surface area (Å²) in [6.07, 6.45) is 6.47. The van der Waals surface area contributed by atoms with Gasteiger partial charge in [0, 0.05) is 12.2 Å². The van der Waals surface area contributed by atoms with Crippen LogP contribution < -0.4 is 5.32 Å². The van der Waals surface area contributed by atoms with Crippen molar-refractivity contribution in [2.24, 2.45) is 5.92 Å². The zero-order chi connectivity index (χ0) is 12.3. The molecular weight excluding hydrogens is 234 g/mol. The van der Waals surface area contributed by atoms with Gasteiger partial charge >= 0.3 is 0 Å². The Bertz CT molecular complexity index is 439. The van der Waals surface area contributed by atoms with Gasteiger partial charge in [0.2, 0.25) is 0 Å². The lowest BCUT2D eigenvalue weighted by Gasteiger charge is -2.28. The number of nitrogens with zero attached hydrogens (tertiary/aromatic N) is 2. The van der Waals surface area contributed by atoms with Gasteiger partial charge in [-0.05, 0) is 24.8 Å². The van der Waals surface area contributed by atoms with Crippen LogP contribution in [-0.4, -0.2) is 11.0 Å². The monoisotopic (exact) mass is 249 g/mol. The molecule has 1 aliphatic rings. The van der Waals surface area contributed by atoms with E-state index in [1.807, 2.05) is 0 Å². The van der Waals surface area contributed by atoms with Gasteiger partial charge in [-0.25, -0.2) is 4.98 Å². The third-order valence-electron chi connectivity index (χ3n) is 3.29. The topological polar surface area (TPSA) is 48.7 Å². The maximum atomic E-state index is 8.90. The van der Waals surface area contributed by atoms with E-state index in [1.165, 1.54) is 12.8 Å². The first-order chi connectivity index (χ1) is 8.20. The standard InChI is InChI=1S/C13H16ClN3/c1-9-3-2-4-11(7-9)17-13-12(14)10(8-15)5-6-16-13/h5-6,9,11H,2-4,7H2,1H3,(H,16,17). The van der Waals surface area contributed by atoms with Gasteiger partial charge in [0.25, 0.3) is 0 Å². The molecule has 1 saturated carbocycles. The summed E-state index contributed by atoms with van der Waals surface area (Å²) in [6, 6.07) is 4.13. The Morgan fingerprint density at radius 1 is 1.53 bits per heavy atom. The molecule has 4 heteroatoms. The van der Waals surface area contributed by atoms with E-state index in [0.717, 1.165) is 18.8 Å². The van der Waals surface area contributed by atoms with Crippen LogP contribution in [0.4, 0.5) is 5.82 Å². The second-order valence-electron chi connectivity index (χ2n) is 4.75. The highest BCUT2D eigenvalue weighted by Gasteiger charge is 2.20. The fraction of sp³-hybridized carbons (Fsp3) is 0.538. The van der Waals surface area contributed by atoms with E-state index in [4.69, 9.17) is 16.9 Å². The van der Waals surface area contributed by atoms with Crippen LogP contribution in [0.5, 0.6) is 0 Å². The number of rotatable bonds is 2. The summed E-state index contributed by atoms with van der Waals surface area (Å²) in [5, 5.41) is 12.7. The number of pyridine rings is 1. The number of nitrogens with one attached hydrogen (secondary N) is 1. The van der Waals surface area contributed by atoms with E-state index in [1.54, 1.807) is 12.3 Å². The van der Waals surface area contributed by atoms with Crippen molar-refractivity contribution < 1.29 is 0 Å². The van der Waals surface area contributed by atoms with Crippen molar-refractivity contribution in [2.45, 2.75) is 38.6 Å². The lowest BCUT2D eigenvalue weighted by atomic mass is 9.87. The SMILES string of the molecule is CC1CCCC(Nc2nccc(C#N)c2Cl)C1. The summed E-state index contributed by atoms with van der Waals surface area (Å²) < 4.78 is 0. The smallest absolute Gasteiger partial charge is 0.146 e. The summed E-state index contributed by atoms with van der Waals surface area (Å²) in [6.45, 7) is 2.27. The Kier molecular flexibility index (Phi) is 3.86. The van der Waals surface area contributed by atoms with Crippen molar-refractivity contribution in [1.82, 2.24) is 4.98 Å².